The Kier molecular flexibility index (Phi) is 6.89. The van der Waals surface area contributed by atoms with Crippen molar-refractivity contribution in [1.29, 1.82) is 0 Å². The van der Waals surface area contributed by atoms with Crippen LogP contribution in [-0.4, -0.2) is 79.4 Å². The molecule has 1 atom stereocenters. The van der Waals surface area contributed by atoms with Crippen molar-refractivity contribution in [2.45, 2.75) is 46.0 Å². The normalized spacial score (nSPS) is 23.5. The van der Waals surface area contributed by atoms with Gasteiger partial charge >= 0.3 is 6.03 Å². The number of carbonyl (C=O) groups is 3. The van der Waals surface area contributed by atoms with Gasteiger partial charge in [0, 0.05) is 52.1 Å². The zero-order chi connectivity index (χ0) is 19.3. The third-order valence-corrected chi connectivity index (χ3v) is 5.54. The number of amides is 4. The third kappa shape index (κ3) is 5.35. The number of rotatable bonds is 5. The number of hydrogen-bond donors (Lipinski definition) is 1. The lowest BCUT2D eigenvalue weighted by Crippen LogP contribution is -2.56. The lowest BCUT2D eigenvalue weighted by atomic mass is 9.73. The van der Waals surface area contributed by atoms with Crippen molar-refractivity contribution in [2.75, 3.05) is 46.8 Å². The van der Waals surface area contributed by atoms with E-state index in [0.717, 1.165) is 45.3 Å². The molecule has 1 spiro atoms. The van der Waals surface area contributed by atoms with Crippen LogP contribution in [0.2, 0.25) is 0 Å². The highest BCUT2D eigenvalue weighted by molar-refractivity contribution is 5.84. The summed E-state index contributed by atoms with van der Waals surface area (Å²) in [5.74, 6) is 0.785. The molecule has 0 saturated carbocycles. The first kappa shape index (κ1) is 20.5. The molecule has 2 aliphatic rings. The fourth-order valence-electron chi connectivity index (χ4n) is 3.90. The minimum Gasteiger partial charge on any atom is -0.342 e. The van der Waals surface area contributed by atoms with Crippen LogP contribution in [-0.2, 0) is 9.59 Å². The van der Waals surface area contributed by atoms with E-state index in [2.05, 4.69) is 19.2 Å². The van der Waals surface area contributed by atoms with Crippen LogP contribution in [0.5, 0.6) is 0 Å². The average Bonchev–Trinajstić information content (AvgIpc) is 2.60. The summed E-state index contributed by atoms with van der Waals surface area (Å²) in [5, 5.41) is 2.65. The van der Waals surface area contributed by atoms with Crippen molar-refractivity contribution in [1.82, 2.24) is 20.0 Å². The van der Waals surface area contributed by atoms with Crippen LogP contribution in [0, 0.1) is 11.3 Å². The van der Waals surface area contributed by atoms with Crippen LogP contribution in [0.4, 0.5) is 4.79 Å². The summed E-state index contributed by atoms with van der Waals surface area (Å²) in [5.41, 5.74) is 0.0182. The largest absolute Gasteiger partial charge is 0.342 e. The predicted molar refractivity (Wildman–Crippen MR) is 101 cm³/mol. The smallest absolute Gasteiger partial charge is 0.317 e. The number of nitrogens with one attached hydrogen (secondary N) is 1. The second kappa shape index (κ2) is 8.73. The van der Waals surface area contributed by atoms with Gasteiger partial charge in [0.2, 0.25) is 11.8 Å². The summed E-state index contributed by atoms with van der Waals surface area (Å²) in [6.45, 7) is 7.37. The topological polar surface area (TPSA) is 73.0 Å². The molecule has 0 unspecified atom stereocenters. The van der Waals surface area contributed by atoms with E-state index in [4.69, 9.17) is 0 Å². The number of hydrogen-bond acceptors (Lipinski definition) is 3. The molecule has 148 valence electrons. The van der Waals surface area contributed by atoms with Crippen LogP contribution >= 0.6 is 0 Å². The number of urea groups is 1. The van der Waals surface area contributed by atoms with Gasteiger partial charge in [0.1, 0.15) is 0 Å². The van der Waals surface area contributed by atoms with Crippen molar-refractivity contribution >= 4 is 17.8 Å². The molecule has 7 nitrogen and oxygen atoms in total. The number of nitrogens with zero attached hydrogens (tertiary/aromatic N) is 3. The van der Waals surface area contributed by atoms with Gasteiger partial charge in [-0.2, -0.15) is 0 Å². The molecule has 0 aromatic heterocycles. The van der Waals surface area contributed by atoms with E-state index in [1.54, 1.807) is 14.1 Å². The monoisotopic (exact) mass is 366 g/mol. The molecule has 7 heteroatoms. The summed E-state index contributed by atoms with van der Waals surface area (Å²) in [6, 6.07) is -0.256. The molecule has 26 heavy (non-hydrogen) atoms. The Labute approximate surface area is 157 Å². The molecule has 2 aliphatic heterocycles. The van der Waals surface area contributed by atoms with Gasteiger partial charge in [0.15, 0.2) is 0 Å². The minimum absolute atomic E-state index is 0.0182. The molecule has 0 aromatic rings. The highest BCUT2D eigenvalue weighted by Crippen LogP contribution is 2.39. The van der Waals surface area contributed by atoms with Gasteiger partial charge in [0.25, 0.3) is 0 Å². The van der Waals surface area contributed by atoms with E-state index in [1.165, 1.54) is 4.90 Å². The van der Waals surface area contributed by atoms with E-state index in [9.17, 15) is 14.4 Å². The highest BCUT2D eigenvalue weighted by atomic mass is 16.2. The summed E-state index contributed by atoms with van der Waals surface area (Å²) in [6.07, 6.45) is 4.47. The van der Waals surface area contributed by atoms with Crippen molar-refractivity contribution in [2.24, 2.45) is 11.3 Å². The first-order chi connectivity index (χ1) is 12.2. The lowest BCUT2D eigenvalue weighted by molar-refractivity contribution is -0.142. The molecule has 2 heterocycles. The first-order valence-electron chi connectivity index (χ1n) is 9.73. The molecule has 1 N–H and O–H groups in total. The fraction of sp³-hybridized carbons (Fsp3) is 0.842. The maximum Gasteiger partial charge on any atom is 0.317 e. The van der Waals surface area contributed by atoms with E-state index in [0.29, 0.717) is 18.9 Å². The van der Waals surface area contributed by atoms with Crippen LogP contribution < -0.4 is 5.32 Å². The summed E-state index contributed by atoms with van der Waals surface area (Å²) in [7, 11) is 3.31. The van der Waals surface area contributed by atoms with E-state index in [1.807, 2.05) is 9.80 Å². The van der Waals surface area contributed by atoms with Gasteiger partial charge in [-0.25, -0.2) is 4.79 Å². The van der Waals surface area contributed by atoms with Crippen molar-refractivity contribution in [3.05, 3.63) is 0 Å². The average molecular weight is 367 g/mol. The van der Waals surface area contributed by atoms with Crippen LogP contribution in [0.15, 0.2) is 0 Å². The summed E-state index contributed by atoms with van der Waals surface area (Å²) in [4.78, 5) is 41.7. The van der Waals surface area contributed by atoms with Crippen LogP contribution in [0.3, 0.4) is 0 Å². The maximum absolute atomic E-state index is 12.5. The molecule has 2 rings (SSSR count). The van der Waals surface area contributed by atoms with Gasteiger partial charge in [-0.3, -0.25) is 9.59 Å². The van der Waals surface area contributed by atoms with Crippen LogP contribution in [0.25, 0.3) is 0 Å². The Balaban J connectivity index is 1.94. The first-order valence-corrected chi connectivity index (χ1v) is 9.73. The van der Waals surface area contributed by atoms with Gasteiger partial charge < -0.3 is 20.0 Å². The van der Waals surface area contributed by atoms with Gasteiger partial charge in [-0.1, -0.05) is 13.8 Å². The Morgan fingerprint density at radius 2 is 1.96 bits per heavy atom. The molecule has 0 aromatic carbocycles. The number of likely N-dealkylation sites (tertiary alicyclic amines) is 2. The highest BCUT2D eigenvalue weighted by Gasteiger charge is 2.42. The van der Waals surface area contributed by atoms with E-state index < -0.39 is 0 Å². The third-order valence-electron chi connectivity index (χ3n) is 5.54. The Hall–Kier alpha value is -1.79. The van der Waals surface area contributed by atoms with Gasteiger partial charge in [-0.05, 0) is 31.6 Å². The SMILES string of the molecule is CC(C)CCN1C[C@]2(CCCN(C(=O)CNC(=O)N(C)C)C2)CCC1=O. The number of carbonyl (C=O) groups excluding carboxylic acids is 3. The molecular weight excluding hydrogens is 332 g/mol. The molecule has 2 saturated heterocycles. The molecule has 2 fully saturated rings. The Morgan fingerprint density at radius 3 is 2.62 bits per heavy atom. The zero-order valence-electron chi connectivity index (χ0n) is 16.7. The molecule has 0 radical (unpaired) electrons. The summed E-state index contributed by atoms with van der Waals surface area (Å²) >= 11 is 0. The van der Waals surface area contributed by atoms with Crippen molar-refractivity contribution in [3.63, 3.8) is 0 Å². The molecular formula is C19H34N4O3. The molecule has 0 aliphatic carbocycles. The maximum atomic E-state index is 12.5. The predicted octanol–water partition coefficient (Wildman–Crippen LogP) is 1.53. The molecule has 4 amide bonds. The summed E-state index contributed by atoms with van der Waals surface area (Å²) < 4.78 is 0. The quantitative estimate of drug-likeness (QED) is 0.802. The van der Waals surface area contributed by atoms with Crippen molar-refractivity contribution < 1.29 is 14.4 Å². The second-order valence-corrected chi connectivity index (χ2v) is 8.47. The standard InChI is InChI=1S/C19H34N4O3/c1-15(2)7-11-23-14-19(9-6-16(23)24)8-5-10-22(13-19)17(25)12-20-18(26)21(3)4/h15H,5-14H2,1-4H3,(H,20,26)/t19-/m1/s1. The number of piperidine rings is 2. The van der Waals surface area contributed by atoms with Gasteiger partial charge in [0.05, 0.1) is 6.54 Å². The second-order valence-electron chi connectivity index (χ2n) is 8.47. The Morgan fingerprint density at radius 1 is 1.23 bits per heavy atom. The Bertz CT molecular complexity index is 535. The van der Waals surface area contributed by atoms with Crippen LogP contribution in [0.1, 0.15) is 46.0 Å². The lowest BCUT2D eigenvalue weighted by Gasteiger charge is -2.48. The fourth-order valence-corrected chi connectivity index (χ4v) is 3.90. The van der Waals surface area contributed by atoms with Gasteiger partial charge in [-0.15, -0.1) is 0 Å². The van der Waals surface area contributed by atoms with E-state index >= 15 is 0 Å². The minimum atomic E-state index is -0.256. The zero-order valence-corrected chi connectivity index (χ0v) is 16.7. The van der Waals surface area contributed by atoms with E-state index in [-0.39, 0.29) is 29.8 Å². The van der Waals surface area contributed by atoms with Crippen molar-refractivity contribution in [3.8, 4) is 0 Å². The molecule has 0 bridgehead atoms.